The summed E-state index contributed by atoms with van der Waals surface area (Å²) in [4.78, 5) is 5.68. The lowest BCUT2D eigenvalue weighted by atomic mass is 10.2. The van der Waals surface area contributed by atoms with Crippen molar-refractivity contribution in [3.8, 4) is 0 Å². The van der Waals surface area contributed by atoms with Gasteiger partial charge in [-0.15, -0.1) is 0 Å². The lowest BCUT2D eigenvalue weighted by molar-refractivity contribution is -0.137. The topological polar surface area (TPSA) is 54.2 Å². The van der Waals surface area contributed by atoms with Gasteiger partial charge in [0.25, 0.3) is 0 Å². The second-order valence-corrected chi connectivity index (χ2v) is 5.01. The van der Waals surface area contributed by atoms with Gasteiger partial charge in [-0.3, -0.25) is 0 Å². The van der Waals surface area contributed by atoms with E-state index in [4.69, 9.17) is 5.84 Å². The van der Waals surface area contributed by atoms with Crippen molar-refractivity contribution in [3.05, 3.63) is 40.1 Å². The highest BCUT2D eigenvalue weighted by molar-refractivity contribution is 7.07. The van der Waals surface area contributed by atoms with Crippen molar-refractivity contribution in [3.63, 3.8) is 0 Å². The van der Waals surface area contributed by atoms with Crippen LogP contribution in [0.15, 0.2) is 29.0 Å². The van der Waals surface area contributed by atoms with Crippen LogP contribution in [0.5, 0.6) is 0 Å². The maximum atomic E-state index is 12.8. The van der Waals surface area contributed by atoms with E-state index in [2.05, 4.69) is 10.4 Å². The van der Waals surface area contributed by atoms with Crippen molar-refractivity contribution in [2.24, 2.45) is 5.84 Å². The maximum absolute atomic E-state index is 12.8. The zero-order valence-corrected chi connectivity index (χ0v) is 11.4. The van der Waals surface area contributed by atoms with E-state index in [0.29, 0.717) is 6.54 Å². The third kappa shape index (κ3) is 3.40. The Bertz CT molecular complexity index is 569. The molecular formula is C12H13F3N4S. The minimum Gasteiger partial charge on any atom is -0.355 e. The quantitative estimate of drug-likeness (QED) is 0.673. The zero-order valence-electron chi connectivity index (χ0n) is 10.6. The fourth-order valence-corrected chi connectivity index (χ4v) is 2.35. The van der Waals surface area contributed by atoms with Crippen LogP contribution in [0.4, 0.5) is 24.8 Å². The first-order valence-electron chi connectivity index (χ1n) is 5.68. The molecule has 0 aliphatic carbocycles. The highest BCUT2D eigenvalue weighted by Gasteiger charge is 2.32. The number of alkyl halides is 3. The molecule has 108 valence electrons. The highest BCUT2D eigenvalue weighted by Crippen LogP contribution is 2.32. The van der Waals surface area contributed by atoms with Gasteiger partial charge in [0, 0.05) is 13.6 Å². The molecule has 0 aromatic carbocycles. The SMILES string of the molecule is CN(Cc1ccsc1)c1cc(C(F)(F)F)cc(NN)n1. The molecule has 2 heterocycles. The van der Waals surface area contributed by atoms with Gasteiger partial charge in [-0.05, 0) is 34.5 Å². The van der Waals surface area contributed by atoms with Gasteiger partial charge in [0.1, 0.15) is 11.6 Å². The summed E-state index contributed by atoms with van der Waals surface area (Å²) in [5, 5.41) is 3.85. The third-order valence-corrected chi connectivity index (χ3v) is 3.41. The van der Waals surface area contributed by atoms with E-state index >= 15 is 0 Å². The van der Waals surface area contributed by atoms with Crippen molar-refractivity contribution in [2.45, 2.75) is 12.7 Å². The van der Waals surface area contributed by atoms with Crippen LogP contribution in [0.3, 0.4) is 0 Å². The predicted octanol–water partition coefficient (Wildman–Crippen LogP) is 3.08. The van der Waals surface area contributed by atoms with Gasteiger partial charge in [0.2, 0.25) is 0 Å². The molecule has 3 N–H and O–H groups in total. The van der Waals surface area contributed by atoms with Gasteiger partial charge < -0.3 is 10.3 Å². The van der Waals surface area contributed by atoms with Gasteiger partial charge in [0.05, 0.1) is 5.56 Å². The molecule has 0 amide bonds. The molecule has 0 aliphatic heterocycles. The number of halogens is 3. The Kier molecular flexibility index (Phi) is 4.15. The summed E-state index contributed by atoms with van der Waals surface area (Å²) in [6, 6.07) is 3.80. The van der Waals surface area contributed by atoms with Crippen LogP contribution in [0, 0.1) is 0 Å². The number of rotatable bonds is 4. The van der Waals surface area contributed by atoms with Gasteiger partial charge in [-0.2, -0.15) is 24.5 Å². The van der Waals surface area contributed by atoms with E-state index < -0.39 is 11.7 Å². The molecule has 0 atom stereocenters. The number of nitrogens with two attached hydrogens (primary N) is 1. The van der Waals surface area contributed by atoms with Gasteiger partial charge in [0.15, 0.2) is 0 Å². The van der Waals surface area contributed by atoms with Crippen molar-refractivity contribution in [2.75, 3.05) is 17.4 Å². The average molecular weight is 302 g/mol. The zero-order chi connectivity index (χ0) is 14.8. The lowest BCUT2D eigenvalue weighted by Gasteiger charge is -2.20. The minimum atomic E-state index is -4.44. The number of thiophene rings is 1. The molecular weight excluding hydrogens is 289 g/mol. The molecule has 0 saturated carbocycles. The van der Waals surface area contributed by atoms with Gasteiger partial charge >= 0.3 is 6.18 Å². The molecule has 0 aliphatic rings. The highest BCUT2D eigenvalue weighted by atomic mass is 32.1. The normalized spacial score (nSPS) is 11.4. The first kappa shape index (κ1) is 14.6. The summed E-state index contributed by atoms with van der Waals surface area (Å²) >= 11 is 1.53. The fraction of sp³-hybridized carbons (Fsp3) is 0.250. The number of hydrogen-bond donors (Lipinski definition) is 2. The Morgan fingerprint density at radius 3 is 2.70 bits per heavy atom. The Morgan fingerprint density at radius 1 is 1.40 bits per heavy atom. The fourth-order valence-electron chi connectivity index (χ4n) is 1.69. The summed E-state index contributed by atoms with van der Waals surface area (Å²) in [5.74, 6) is 5.36. The van der Waals surface area contributed by atoms with Gasteiger partial charge in [-0.25, -0.2) is 10.8 Å². The van der Waals surface area contributed by atoms with E-state index in [-0.39, 0.29) is 11.6 Å². The predicted molar refractivity (Wildman–Crippen MR) is 73.5 cm³/mol. The summed E-state index contributed by atoms with van der Waals surface area (Å²) in [6.45, 7) is 0.474. The number of anilines is 2. The first-order chi connectivity index (χ1) is 9.40. The van der Waals surface area contributed by atoms with Crippen molar-refractivity contribution in [1.82, 2.24) is 4.98 Å². The number of hydrazine groups is 1. The number of hydrogen-bond acceptors (Lipinski definition) is 5. The van der Waals surface area contributed by atoms with Crippen LogP contribution >= 0.6 is 11.3 Å². The van der Waals surface area contributed by atoms with E-state index in [1.165, 1.54) is 11.3 Å². The third-order valence-electron chi connectivity index (χ3n) is 2.68. The Balaban J connectivity index is 2.30. The maximum Gasteiger partial charge on any atom is 0.416 e. The number of pyridine rings is 1. The van der Waals surface area contributed by atoms with Gasteiger partial charge in [-0.1, -0.05) is 0 Å². The monoisotopic (exact) mass is 302 g/mol. The number of nitrogens with zero attached hydrogens (tertiary/aromatic N) is 2. The Labute approximate surface area is 118 Å². The molecule has 2 aromatic rings. The summed E-state index contributed by atoms with van der Waals surface area (Å²) in [5.41, 5.74) is 2.39. The molecule has 0 bridgehead atoms. The summed E-state index contributed by atoms with van der Waals surface area (Å²) in [7, 11) is 1.68. The van der Waals surface area contributed by atoms with E-state index in [1.807, 2.05) is 16.8 Å². The van der Waals surface area contributed by atoms with Crippen LogP contribution in [0.1, 0.15) is 11.1 Å². The molecule has 0 spiro atoms. The van der Waals surface area contributed by atoms with E-state index in [1.54, 1.807) is 11.9 Å². The van der Waals surface area contributed by atoms with Crippen LogP contribution < -0.4 is 16.2 Å². The van der Waals surface area contributed by atoms with Crippen molar-refractivity contribution >= 4 is 23.0 Å². The molecule has 20 heavy (non-hydrogen) atoms. The lowest BCUT2D eigenvalue weighted by Crippen LogP contribution is -2.20. The van der Waals surface area contributed by atoms with Crippen LogP contribution in [0.25, 0.3) is 0 Å². The standard InChI is InChI=1S/C12H13F3N4S/c1-19(6-8-2-3-20-7-8)11-5-9(12(13,14)15)4-10(17-11)18-16/h2-5,7H,6,16H2,1H3,(H,17,18). The molecule has 8 heteroatoms. The Hall–Kier alpha value is -1.80. The molecule has 4 nitrogen and oxygen atoms in total. The molecule has 0 fully saturated rings. The molecule has 2 rings (SSSR count). The largest absolute Gasteiger partial charge is 0.416 e. The Morgan fingerprint density at radius 2 is 2.15 bits per heavy atom. The molecule has 0 radical (unpaired) electrons. The van der Waals surface area contributed by atoms with E-state index in [9.17, 15) is 13.2 Å². The second kappa shape index (κ2) is 5.68. The van der Waals surface area contributed by atoms with Crippen LogP contribution in [-0.2, 0) is 12.7 Å². The molecule has 0 unspecified atom stereocenters. The molecule has 2 aromatic heterocycles. The average Bonchev–Trinajstić information content (AvgIpc) is 2.90. The summed E-state index contributed by atoms with van der Waals surface area (Å²) in [6.07, 6.45) is -4.44. The van der Waals surface area contributed by atoms with Crippen molar-refractivity contribution < 1.29 is 13.2 Å². The minimum absolute atomic E-state index is 0.0213. The molecule has 0 saturated heterocycles. The van der Waals surface area contributed by atoms with E-state index in [0.717, 1.165) is 17.7 Å². The number of aromatic nitrogens is 1. The van der Waals surface area contributed by atoms with Crippen LogP contribution in [0.2, 0.25) is 0 Å². The smallest absolute Gasteiger partial charge is 0.355 e. The van der Waals surface area contributed by atoms with Crippen molar-refractivity contribution in [1.29, 1.82) is 0 Å². The van der Waals surface area contributed by atoms with Crippen LogP contribution in [-0.4, -0.2) is 12.0 Å². The number of nitrogen functional groups attached to an aromatic ring is 1. The second-order valence-electron chi connectivity index (χ2n) is 4.23. The summed E-state index contributed by atoms with van der Waals surface area (Å²) < 4.78 is 38.4. The first-order valence-corrected chi connectivity index (χ1v) is 6.62. The number of nitrogens with one attached hydrogen (secondary N) is 1.